The van der Waals surface area contributed by atoms with E-state index in [2.05, 4.69) is 63.9 Å². The van der Waals surface area contributed by atoms with Crippen LogP contribution in [-0.4, -0.2) is 11.8 Å². The quantitative estimate of drug-likeness (QED) is 0.802. The van der Waals surface area contributed by atoms with Gasteiger partial charge >= 0.3 is 0 Å². The van der Waals surface area contributed by atoms with E-state index in [-0.39, 0.29) is 5.54 Å². The Kier molecular flexibility index (Phi) is 4.71. The average molecular weight is 244 g/mol. The molecule has 2 N–H and O–H groups in total. The topological polar surface area (TPSA) is 38.4 Å². The van der Waals surface area contributed by atoms with E-state index < -0.39 is 0 Å². The molecule has 0 bridgehead atoms. The zero-order valence-corrected chi connectivity index (χ0v) is 12.1. The number of nitrogens with zero attached hydrogens (tertiary/aromatic N) is 1. The molecular weight excluding hydrogens is 220 g/mol. The molecule has 18 heavy (non-hydrogen) atoms. The molecule has 0 fully saturated rings. The van der Waals surface area contributed by atoms with Crippen molar-refractivity contribution in [1.29, 1.82) is 0 Å². The van der Waals surface area contributed by atoms with Crippen molar-refractivity contribution in [1.82, 2.24) is 0 Å². The summed E-state index contributed by atoms with van der Waals surface area (Å²) in [6.45, 7) is 10.6. The van der Waals surface area contributed by atoms with Gasteiger partial charge in [0.05, 0.1) is 5.54 Å². The predicted octanol–water partition coefficient (Wildman–Crippen LogP) is 3.98. The van der Waals surface area contributed by atoms with Crippen LogP contribution in [0.2, 0.25) is 0 Å². The third-order valence-corrected chi connectivity index (χ3v) is 2.66. The Morgan fingerprint density at radius 2 is 1.94 bits per heavy atom. The summed E-state index contributed by atoms with van der Waals surface area (Å²) >= 11 is 0. The van der Waals surface area contributed by atoms with Gasteiger partial charge in [-0.3, -0.25) is 4.99 Å². The zero-order valence-electron chi connectivity index (χ0n) is 12.1. The first kappa shape index (κ1) is 14.5. The molecule has 2 heteroatoms. The first-order valence-electron chi connectivity index (χ1n) is 6.41. The van der Waals surface area contributed by atoms with Gasteiger partial charge in [0, 0.05) is 18.0 Å². The Morgan fingerprint density at radius 3 is 2.44 bits per heavy atom. The summed E-state index contributed by atoms with van der Waals surface area (Å²) in [6, 6.07) is 8.46. The highest BCUT2D eigenvalue weighted by molar-refractivity contribution is 6.09. The lowest BCUT2D eigenvalue weighted by molar-refractivity contribution is 0.587. The Hall–Kier alpha value is -1.57. The largest absolute Gasteiger partial charge is 0.404 e. The third-order valence-electron chi connectivity index (χ3n) is 2.66. The molecule has 0 spiro atoms. The van der Waals surface area contributed by atoms with Crippen molar-refractivity contribution in [3.05, 3.63) is 41.6 Å². The van der Waals surface area contributed by atoms with E-state index in [0.717, 1.165) is 11.1 Å². The lowest BCUT2D eigenvalue weighted by Gasteiger charge is -2.12. The number of benzene rings is 1. The lowest BCUT2D eigenvalue weighted by Crippen LogP contribution is -2.10. The van der Waals surface area contributed by atoms with Gasteiger partial charge in [0.15, 0.2) is 0 Å². The number of hydrogen-bond donors (Lipinski definition) is 1. The van der Waals surface area contributed by atoms with E-state index in [1.54, 1.807) is 6.20 Å². The highest BCUT2D eigenvalue weighted by atomic mass is 14.8. The molecular formula is C16H24N2. The maximum absolute atomic E-state index is 5.71. The van der Waals surface area contributed by atoms with Crippen LogP contribution in [0.5, 0.6) is 0 Å². The molecule has 0 heterocycles. The van der Waals surface area contributed by atoms with Gasteiger partial charge in [0.2, 0.25) is 0 Å². The number of allylic oxidation sites excluding steroid dienone is 1. The Bertz CT molecular complexity index is 448. The van der Waals surface area contributed by atoms with Gasteiger partial charge < -0.3 is 5.73 Å². The first-order valence-corrected chi connectivity index (χ1v) is 6.41. The van der Waals surface area contributed by atoms with Gasteiger partial charge in [0.1, 0.15) is 0 Å². The lowest BCUT2D eigenvalue weighted by atomic mass is 9.98. The van der Waals surface area contributed by atoms with Crippen molar-refractivity contribution in [2.45, 2.75) is 46.1 Å². The van der Waals surface area contributed by atoms with Crippen LogP contribution in [0.3, 0.4) is 0 Å². The van der Waals surface area contributed by atoms with Crippen molar-refractivity contribution in [3.8, 4) is 0 Å². The SMILES string of the molecule is CC(C)c1cccc(C(C=NC(C)(C)C)=CN)c1. The molecule has 0 radical (unpaired) electrons. The number of rotatable bonds is 3. The van der Waals surface area contributed by atoms with E-state index in [0.29, 0.717) is 5.92 Å². The fourth-order valence-corrected chi connectivity index (χ4v) is 1.55. The van der Waals surface area contributed by atoms with Crippen molar-refractivity contribution >= 4 is 11.8 Å². The van der Waals surface area contributed by atoms with Gasteiger partial charge in [-0.25, -0.2) is 0 Å². The molecule has 0 aromatic heterocycles. The summed E-state index contributed by atoms with van der Waals surface area (Å²) in [4.78, 5) is 4.51. The maximum atomic E-state index is 5.71. The molecule has 0 unspecified atom stereocenters. The fraction of sp³-hybridized carbons (Fsp3) is 0.438. The molecule has 0 aliphatic heterocycles. The Labute approximate surface area is 111 Å². The van der Waals surface area contributed by atoms with Crippen LogP contribution in [0, 0.1) is 0 Å². The monoisotopic (exact) mass is 244 g/mol. The van der Waals surface area contributed by atoms with Gasteiger partial charge in [-0.05, 0) is 37.8 Å². The van der Waals surface area contributed by atoms with Gasteiger partial charge in [-0.1, -0.05) is 38.1 Å². The number of nitrogens with two attached hydrogens (primary N) is 1. The van der Waals surface area contributed by atoms with E-state index in [1.165, 1.54) is 5.56 Å². The summed E-state index contributed by atoms with van der Waals surface area (Å²) in [5, 5.41) is 0. The molecule has 98 valence electrons. The summed E-state index contributed by atoms with van der Waals surface area (Å²) in [5.41, 5.74) is 9.03. The molecule has 1 aromatic rings. The van der Waals surface area contributed by atoms with Gasteiger partial charge in [0.25, 0.3) is 0 Å². The summed E-state index contributed by atoms with van der Waals surface area (Å²) in [5.74, 6) is 0.517. The molecule has 0 atom stereocenters. The van der Waals surface area contributed by atoms with Crippen LogP contribution in [0.15, 0.2) is 35.5 Å². The second kappa shape index (κ2) is 5.85. The number of aliphatic imine (C=N–C) groups is 1. The molecule has 0 saturated carbocycles. The highest BCUT2D eigenvalue weighted by Crippen LogP contribution is 2.20. The van der Waals surface area contributed by atoms with E-state index in [4.69, 9.17) is 5.73 Å². The molecule has 0 saturated heterocycles. The summed E-state index contributed by atoms with van der Waals surface area (Å²) < 4.78 is 0. The average Bonchev–Trinajstić information content (AvgIpc) is 2.28. The van der Waals surface area contributed by atoms with Crippen molar-refractivity contribution in [2.75, 3.05) is 0 Å². The first-order chi connectivity index (χ1) is 8.33. The number of hydrogen-bond acceptors (Lipinski definition) is 2. The molecule has 0 aliphatic rings. The van der Waals surface area contributed by atoms with Crippen molar-refractivity contribution in [2.24, 2.45) is 10.7 Å². The minimum absolute atomic E-state index is 0.0794. The van der Waals surface area contributed by atoms with E-state index in [1.807, 2.05) is 6.21 Å². The molecule has 1 aromatic carbocycles. The standard InChI is InChI=1S/C16H24N2/c1-12(2)13-7-6-8-14(9-13)15(10-17)11-18-16(3,4)5/h6-12H,17H2,1-5H3. The minimum Gasteiger partial charge on any atom is -0.404 e. The molecule has 1 rings (SSSR count). The second-order valence-electron chi connectivity index (χ2n) is 5.83. The predicted molar refractivity (Wildman–Crippen MR) is 80.9 cm³/mol. The van der Waals surface area contributed by atoms with Crippen LogP contribution in [-0.2, 0) is 0 Å². The maximum Gasteiger partial charge on any atom is 0.0524 e. The normalized spacial score (nSPS) is 13.6. The fourth-order valence-electron chi connectivity index (χ4n) is 1.55. The highest BCUT2D eigenvalue weighted by Gasteiger charge is 2.07. The van der Waals surface area contributed by atoms with Crippen LogP contribution >= 0.6 is 0 Å². The third kappa shape index (κ3) is 4.36. The minimum atomic E-state index is -0.0794. The van der Waals surface area contributed by atoms with Gasteiger partial charge in [-0.2, -0.15) is 0 Å². The molecule has 0 amide bonds. The van der Waals surface area contributed by atoms with E-state index in [9.17, 15) is 0 Å². The Morgan fingerprint density at radius 1 is 1.28 bits per heavy atom. The van der Waals surface area contributed by atoms with E-state index >= 15 is 0 Å². The van der Waals surface area contributed by atoms with Crippen LogP contribution in [0.25, 0.3) is 5.57 Å². The summed E-state index contributed by atoms with van der Waals surface area (Å²) in [7, 11) is 0. The van der Waals surface area contributed by atoms with Gasteiger partial charge in [-0.15, -0.1) is 0 Å². The molecule has 2 nitrogen and oxygen atoms in total. The Balaban J connectivity index is 3.04. The van der Waals surface area contributed by atoms with Crippen LogP contribution < -0.4 is 5.73 Å². The smallest absolute Gasteiger partial charge is 0.0524 e. The van der Waals surface area contributed by atoms with Crippen LogP contribution in [0.4, 0.5) is 0 Å². The van der Waals surface area contributed by atoms with Crippen molar-refractivity contribution in [3.63, 3.8) is 0 Å². The second-order valence-corrected chi connectivity index (χ2v) is 5.83. The zero-order chi connectivity index (χ0) is 13.8. The van der Waals surface area contributed by atoms with Crippen molar-refractivity contribution < 1.29 is 0 Å². The summed E-state index contributed by atoms with van der Waals surface area (Å²) in [6.07, 6.45) is 3.48. The van der Waals surface area contributed by atoms with Crippen LogP contribution in [0.1, 0.15) is 51.7 Å². The molecule has 0 aliphatic carbocycles.